The molecule has 31 heavy (non-hydrogen) atoms. The topological polar surface area (TPSA) is 104 Å². The van der Waals surface area contributed by atoms with E-state index in [9.17, 15) is 22.0 Å². The van der Waals surface area contributed by atoms with E-state index in [4.69, 9.17) is 23.2 Å². The van der Waals surface area contributed by atoms with Gasteiger partial charge in [0.15, 0.2) is 9.84 Å². The molecule has 1 unspecified atom stereocenters. The van der Waals surface area contributed by atoms with Gasteiger partial charge in [-0.25, -0.2) is 16.9 Å². The molecule has 2 N–H and O–H groups in total. The highest BCUT2D eigenvalue weighted by Crippen LogP contribution is 2.38. The van der Waals surface area contributed by atoms with Crippen molar-refractivity contribution in [2.45, 2.75) is 11.8 Å². The molecule has 0 saturated carbocycles. The van der Waals surface area contributed by atoms with Crippen molar-refractivity contribution in [3.63, 3.8) is 0 Å². The molecule has 0 aliphatic carbocycles. The third-order valence-electron chi connectivity index (χ3n) is 4.19. The van der Waals surface area contributed by atoms with Gasteiger partial charge in [0.25, 0.3) is 17.2 Å². The highest BCUT2D eigenvalue weighted by Gasteiger charge is 2.24. The van der Waals surface area contributed by atoms with E-state index >= 15 is 0 Å². The summed E-state index contributed by atoms with van der Waals surface area (Å²) in [5, 5.41) is 3.26. The van der Waals surface area contributed by atoms with E-state index in [1.165, 1.54) is 42.5 Å². The molecule has 0 aliphatic heterocycles. The maximum atomic E-state index is 13.0. The minimum atomic E-state index is -3.37. The number of rotatable bonds is 7. The first kappa shape index (κ1) is 23.7. The van der Waals surface area contributed by atoms with Crippen LogP contribution in [-0.4, -0.2) is 28.8 Å². The molecular formula is C19H16Cl2N2O5S3. The first-order valence-corrected chi connectivity index (χ1v) is 13.0. The van der Waals surface area contributed by atoms with E-state index in [1.54, 1.807) is 19.1 Å². The molecular weight excluding hydrogens is 503 g/mol. The van der Waals surface area contributed by atoms with Crippen LogP contribution in [0.15, 0.2) is 59.5 Å². The summed E-state index contributed by atoms with van der Waals surface area (Å²) >= 11 is 10.6. The molecule has 1 heterocycles. The van der Waals surface area contributed by atoms with Crippen LogP contribution in [0.25, 0.3) is 0 Å². The summed E-state index contributed by atoms with van der Waals surface area (Å²) in [7, 11) is -3.37. The van der Waals surface area contributed by atoms with Gasteiger partial charge < -0.3 is 5.32 Å². The lowest BCUT2D eigenvalue weighted by Gasteiger charge is -2.21. The largest absolute Gasteiger partial charge is 0.322 e. The lowest BCUT2D eigenvalue weighted by molar-refractivity contribution is 0.102. The monoisotopic (exact) mass is 518 g/mol. The zero-order valence-corrected chi connectivity index (χ0v) is 19.9. The first-order chi connectivity index (χ1) is 14.6. The molecule has 1 aromatic heterocycles. The predicted molar refractivity (Wildman–Crippen MR) is 126 cm³/mol. The lowest BCUT2D eigenvalue weighted by Crippen LogP contribution is -2.23. The highest BCUT2D eigenvalue weighted by atomic mass is 35.5. The number of carbonyl (C=O) groups is 1. The Balaban J connectivity index is 1.96. The standard InChI is InChI=1S/C19H16Cl2N2O5S3/c1-2-31(27,28)14-6-4-13(5-7-14)22-19(24)15-11-12(20)3-8-16(15)23(30(25)26)18-10-9-17(21)29-18/h3-11H,2H2,1H3,(H,22,24)(H,25,26). The predicted octanol–water partition coefficient (Wildman–Crippen LogP) is 5.38. The Morgan fingerprint density at radius 1 is 1.13 bits per heavy atom. The lowest BCUT2D eigenvalue weighted by atomic mass is 10.1. The van der Waals surface area contributed by atoms with Gasteiger partial charge in [0, 0.05) is 10.7 Å². The number of hydrogen-bond donors (Lipinski definition) is 2. The fourth-order valence-electron chi connectivity index (χ4n) is 2.67. The van der Waals surface area contributed by atoms with Crippen molar-refractivity contribution in [1.29, 1.82) is 0 Å². The van der Waals surface area contributed by atoms with Crippen molar-refractivity contribution in [2.75, 3.05) is 15.4 Å². The molecule has 0 bridgehead atoms. The van der Waals surface area contributed by atoms with Crippen LogP contribution in [0.4, 0.5) is 16.4 Å². The Morgan fingerprint density at radius 2 is 1.81 bits per heavy atom. The number of benzene rings is 2. The second-order valence-electron chi connectivity index (χ2n) is 6.15. The second-order valence-corrected chi connectivity index (χ2v) is 11.4. The SMILES string of the molecule is CCS(=O)(=O)c1ccc(NC(=O)c2cc(Cl)ccc2N(c2ccc(Cl)s2)S(=O)O)cc1. The first-order valence-electron chi connectivity index (χ1n) is 8.72. The molecule has 0 fully saturated rings. The average molecular weight is 519 g/mol. The Labute approximate surface area is 195 Å². The molecule has 1 amide bonds. The smallest absolute Gasteiger partial charge is 0.267 e. The van der Waals surface area contributed by atoms with E-state index < -0.39 is 27.0 Å². The molecule has 0 saturated heterocycles. The molecule has 2 aromatic carbocycles. The molecule has 164 valence electrons. The van der Waals surface area contributed by atoms with Gasteiger partial charge in [-0.2, -0.15) is 0 Å². The van der Waals surface area contributed by atoms with Crippen LogP contribution in [0.5, 0.6) is 0 Å². The van der Waals surface area contributed by atoms with Crippen molar-refractivity contribution in [1.82, 2.24) is 0 Å². The number of halogens is 2. The van der Waals surface area contributed by atoms with Gasteiger partial charge in [-0.1, -0.05) is 30.1 Å². The van der Waals surface area contributed by atoms with E-state index in [2.05, 4.69) is 5.32 Å². The van der Waals surface area contributed by atoms with Gasteiger partial charge in [-0.15, -0.1) is 11.3 Å². The molecule has 12 heteroatoms. The average Bonchev–Trinajstić information content (AvgIpc) is 3.15. The number of sulfone groups is 1. The molecule has 1 atom stereocenters. The van der Waals surface area contributed by atoms with Crippen LogP contribution in [0, 0.1) is 0 Å². The maximum Gasteiger partial charge on any atom is 0.267 e. The van der Waals surface area contributed by atoms with Crippen molar-refractivity contribution in [3.8, 4) is 0 Å². The Hall–Kier alpha value is -1.95. The Kier molecular flexibility index (Phi) is 7.40. The van der Waals surface area contributed by atoms with Crippen LogP contribution in [0.3, 0.4) is 0 Å². The van der Waals surface area contributed by atoms with E-state index in [1.807, 2.05) is 0 Å². The summed E-state index contributed by atoms with van der Waals surface area (Å²) in [5.74, 6) is -0.632. The third kappa shape index (κ3) is 5.46. The van der Waals surface area contributed by atoms with Crippen molar-refractivity contribution >= 4 is 77.9 Å². The molecule has 3 rings (SSSR count). The minimum absolute atomic E-state index is 0.0363. The summed E-state index contributed by atoms with van der Waals surface area (Å²) in [6, 6.07) is 13.2. The summed E-state index contributed by atoms with van der Waals surface area (Å²) in [4.78, 5) is 13.1. The Bertz CT molecular complexity index is 1240. The molecule has 3 aromatic rings. The number of hydrogen-bond acceptors (Lipinski definition) is 5. The fraction of sp³-hybridized carbons (Fsp3) is 0.105. The van der Waals surface area contributed by atoms with Crippen molar-refractivity contribution < 1.29 is 22.0 Å². The zero-order valence-electron chi connectivity index (χ0n) is 15.9. The van der Waals surface area contributed by atoms with Crippen LogP contribution in [-0.2, 0) is 21.1 Å². The summed E-state index contributed by atoms with van der Waals surface area (Å²) in [6.07, 6.45) is 0. The number of anilines is 3. The van der Waals surface area contributed by atoms with Gasteiger partial charge in [-0.05, 0) is 54.6 Å². The van der Waals surface area contributed by atoms with E-state index in [-0.39, 0.29) is 26.9 Å². The second kappa shape index (κ2) is 9.68. The van der Waals surface area contributed by atoms with Gasteiger partial charge >= 0.3 is 0 Å². The number of thiophene rings is 1. The molecule has 7 nitrogen and oxygen atoms in total. The summed E-state index contributed by atoms with van der Waals surface area (Å²) in [6.45, 7) is 1.54. The molecule has 0 aliphatic rings. The number of nitrogens with one attached hydrogen (secondary N) is 1. The number of nitrogens with zero attached hydrogens (tertiary/aromatic N) is 1. The zero-order chi connectivity index (χ0) is 22.8. The fourth-order valence-corrected chi connectivity index (χ4v) is 5.53. The quantitative estimate of drug-likeness (QED) is 0.408. The minimum Gasteiger partial charge on any atom is -0.322 e. The normalized spacial score (nSPS) is 12.4. The van der Waals surface area contributed by atoms with Crippen LogP contribution < -0.4 is 9.62 Å². The van der Waals surface area contributed by atoms with Crippen molar-refractivity contribution in [2.24, 2.45) is 0 Å². The molecule has 0 spiro atoms. The van der Waals surface area contributed by atoms with Crippen LogP contribution >= 0.6 is 34.5 Å². The van der Waals surface area contributed by atoms with E-state index in [0.29, 0.717) is 15.0 Å². The number of amides is 1. The van der Waals surface area contributed by atoms with E-state index in [0.717, 1.165) is 15.6 Å². The van der Waals surface area contributed by atoms with Crippen LogP contribution in [0.1, 0.15) is 17.3 Å². The Morgan fingerprint density at radius 3 is 2.35 bits per heavy atom. The van der Waals surface area contributed by atoms with Gasteiger partial charge in [0.05, 0.1) is 26.2 Å². The van der Waals surface area contributed by atoms with Gasteiger partial charge in [0.2, 0.25) is 0 Å². The maximum absolute atomic E-state index is 13.0. The van der Waals surface area contributed by atoms with Gasteiger partial charge in [0.1, 0.15) is 5.00 Å². The third-order valence-corrected chi connectivity index (χ3v) is 8.21. The highest BCUT2D eigenvalue weighted by molar-refractivity contribution is 7.91. The van der Waals surface area contributed by atoms with Crippen LogP contribution in [0.2, 0.25) is 9.36 Å². The molecule has 0 radical (unpaired) electrons. The summed E-state index contributed by atoms with van der Waals surface area (Å²) in [5.41, 5.74) is 0.540. The van der Waals surface area contributed by atoms with Gasteiger partial charge in [-0.3, -0.25) is 9.35 Å². The van der Waals surface area contributed by atoms with Crippen molar-refractivity contribution in [3.05, 3.63) is 69.5 Å². The summed E-state index contributed by atoms with van der Waals surface area (Å²) < 4.78 is 47.3. The number of carbonyl (C=O) groups excluding carboxylic acids is 1.